The molecule has 0 aliphatic carbocycles. The Morgan fingerprint density at radius 1 is 1.55 bits per heavy atom. The fraction of sp³-hybridized carbons (Fsp3) is 0. The van der Waals surface area contributed by atoms with E-state index in [0.717, 1.165) is 15.6 Å². The first-order valence-electron chi connectivity index (χ1n) is 3.06. The first-order chi connectivity index (χ1) is 5.27. The second-order valence-corrected chi connectivity index (χ2v) is 3.01. The van der Waals surface area contributed by atoms with E-state index in [-0.39, 0.29) is 0 Å². The van der Waals surface area contributed by atoms with Crippen LogP contribution in [0.4, 0.5) is 5.82 Å². The molecule has 0 aromatic carbocycles. The Balaban J connectivity index is 2.86. The van der Waals surface area contributed by atoms with Gasteiger partial charge in [0.25, 0.3) is 0 Å². The third kappa shape index (κ3) is 0.991. The molecule has 2 heterocycles. The normalized spacial score (nSPS) is 10.6. The monoisotopic (exact) mass is 212 g/mol. The average Bonchev–Trinajstić information content (AvgIpc) is 2.36. The van der Waals surface area contributed by atoms with Crippen LogP contribution in [0.1, 0.15) is 0 Å². The van der Waals surface area contributed by atoms with E-state index in [2.05, 4.69) is 20.9 Å². The molecule has 0 bridgehead atoms. The van der Waals surface area contributed by atoms with E-state index < -0.39 is 0 Å². The van der Waals surface area contributed by atoms with E-state index in [4.69, 9.17) is 10.2 Å². The summed E-state index contributed by atoms with van der Waals surface area (Å²) in [5.41, 5.74) is 7.07. The molecule has 4 heteroatoms. The number of nitrogen functional groups attached to an aromatic ring is 1. The highest BCUT2D eigenvalue weighted by Gasteiger charge is 2.02. The molecular formula is C7H5BrN2O. The number of hydrogen-bond donors (Lipinski definition) is 1. The second-order valence-electron chi connectivity index (χ2n) is 2.16. The number of furan rings is 1. The highest BCUT2D eigenvalue weighted by atomic mass is 79.9. The number of pyridine rings is 1. The summed E-state index contributed by atoms with van der Waals surface area (Å²) < 4.78 is 5.87. The highest BCUT2D eigenvalue weighted by molar-refractivity contribution is 9.10. The van der Waals surface area contributed by atoms with Crippen LogP contribution in [0.3, 0.4) is 0 Å². The largest absolute Gasteiger partial charge is 0.463 e. The van der Waals surface area contributed by atoms with Gasteiger partial charge in [-0.15, -0.1) is 0 Å². The Bertz CT molecular complexity index is 360. The van der Waals surface area contributed by atoms with Gasteiger partial charge in [0.2, 0.25) is 0 Å². The summed E-state index contributed by atoms with van der Waals surface area (Å²) in [5.74, 6) is 0.485. The molecule has 0 spiro atoms. The fourth-order valence-electron chi connectivity index (χ4n) is 0.887. The van der Waals surface area contributed by atoms with E-state index in [1.54, 1.807) is 18.4 Å². The van der Waals surface area contributed by atoms with Gasteiger partial charge in [0, 0.05) is 12.1 Å². The zero-order valence-electron chi connectivity index (χ0n) is 5.54. The van der Waals surface area contributed by atoms with Crippen molar-refractivity contribution in [2.75, 3.05) is 5.73 Å². The molecule has 0 aliphatic heterocycles. The number of aromatic nitrogens is 1. The maximum absolute atomic E-state index is 5.55. The Kier molecular flexibility index (Phi) is 1.35. The average molecular weight is 213 g/mol. The van der Waals surface area contributed by atoms with Crippen molar-refractivity contribution < 1.29 is 4.42 Å². The van der Waals surface area contributed by atoms with Crippen LogP contribution in [0.2, 0.25) is 0 Å². The summed E-state index contributed by atoms with van der Waals surface area (Å²) in [6.07, 6.45) is 1.59. The molecule has 2 aromatic rings. The lowest BCUT2D eigenvalue weighted by molar-refractivity contribution is 0.615. The number of fused-ring (bicyclic) bond motifs is 1. The maximum Gasteiger partial charge on any atom is 0.153 e. The van der Waals surface area contributed by atoms with Gasteiger partial charge in [0.05, 0.1) is 10.7 Å². The van der Waals surface area contributed by atoms with Crippen molar-refractivity contribution in [2.24, 2.45) is 0 Å². The molecule has 2 rings (SSSR count). The summed E-state index contributed by atoms with van der Waals surface area (Å²) in [6, 6.07) is 3.58. The van der Waals surface area contributed by atoms with E-state index in [0.29, 0.717) is 5.82 Å². The standard InChI is InChI=1S/C7H5BrN2O/c8-4-3-6-5(1-2-11-6)10-7(4)9/h1-3H,(H2,9,10). The van der Waals surface area contributed by atoms with E-state index >= 15 is 0 Å². The molecule has 11 heavy (non-hydrogen) atoms. The van der Waals surface area contributed by atoms with Crippen molar-refractivity contribution in [3.63, 3.8) is 0 Å². The summed E-state index contributed by atoms with van der Waals surface area (Å²) in [7, 11) is 0. The number of rotatable bonds is 0. The topological polar surface area (TPSA) is 52.0 Å². The van der Waals surface area contributed by atoms with Crippen molar-refractivity contribution in [1.29, 1.82) is 0 Å². The second kappa shape index (κ2) is 2.23. The van der Waals surface area contributed by atoms with Crippen LogP contribution in [0.15, 0.2) is 27.3 Å². The molecule has 0 saturated carbocycles. The number of nitrogens with zero attached hydrogens (tertiary/aromatic N) is 1. The predicted molar refractivity (Wildman–Crippen MR) is 46.1 cm³/mol. The third-order valence-corrected chi connectivity index (χ3v) is 2.05. The quantitative estimate of drug-likeness (QED) is 0.729. The summed E-state index contributed by atoms with van der Waals surface area (Å²) in [5, 5.41) is 0. The van der Waals surface area contributed by atoms with Crippen LogP contribution in [-0.2, 0) is 0 Å². The van der Waals surface area contributed by atoms with Gasteiger partial charge in [-0.25, -0.2) is 4.98 Å². The number of hydrogen-bond acceptors (Lipinski definition) is 3. The molecule has 2 aromatic heterocycles. The Morgan fingerprint density at radius 2 is 2.36 bits per heavy atom. The van der Waals surface area contributed by atoms with Crippen LogP contribution >= 0.6 is 15.9 Å². The van der Waals surface area contributed by atoms with Crippen molar-refractivity contribution in [3.8, 4) is 0 Å². The van der Waals surface area contributed by atoms with Gasteiger partial charge in [-0.1, -0.05) is 0 Å². The van der Waals surface area contributed by atoms with Crippen molar-refractivity contribution in [2.45, 2.75) is 0 Å². The highest BCUT2D eigenvalue weighted by Crippen LogP contribution is 2.23. The summed E-state index contributed by atoms with van der Waals surface area (Å²) >= 11 is 3.25. The Labute approximate surface area is 71.3 Å². The van der Waals surface area contributed by atoms with Crippen LogP contribution in [0.5, 0.6) is 0 Å². The predicted octanol–water partition coefficient (Wildman–Crippen LogP) is 2.17. The van der Waals surface area contributed by atoms with Gasteiger partial charge in [0.15, 0.2) is 5.58 Å². The van der Waals surface area contributed by atoms with Crippen LogP contribution in [0.25, 0.3) is 11.1 Å². The molecule has 0 saturated heterocycles. The third-order valence-electron chi connectivity index (χ3n) is 1.42. The smallest absolute Gasteiger partial charge is 0.153 e. The lowest BCUT2D eigenvalue weighted by atomic mass is 10.4. The molecule has 0 unspecified atom stereocenters. The molecule has 56 valence electrons. The number of halogens is 1. The van der Waals surface area contributed by atoms with Gasteiger partial charge >= 0.3 is 0 Å². The first-order valence-corrected chi connectivity index (χ1v) is 3.86. The van der Waals surface area contributed by atoms with E-state index in [9.17, 15) is 0 Å². The van der Waals surface area contributed by atoms with Crippen LogP contribution in [0, 0.1) is 0 Å². The van der Waals surface area contributed by atoms with Gasteiger partial charge in [0.1, 0.15) is 11.3 Å². The van der Waals surface area contributed by atoms with Gasteiger partial charge in [-0.3, -0.25) is 0 Å². The Hall–Kier alpha value is -1.03. The fourth-order valence-corrected chi connectivity index (χ4v) is 1.18. The minimum Gasteiger partial charge on any atom is -0.463 e. The lowest BCUT2D eigenvalue weighted by Crippen LogP contribution is -1.89. The number of anilines is 1. The molecule has 3 nitrogen and oxygen atoms in total. The summed E-state index contributed by atoms with van der Waals surface area (Å²) in [4.78, 5) is 4.07. The zero-order chi connectivity index (χ0) is 7.84. The van der Waals surface area contributed by atoms with Gasteiger partial charge < -0.3 is 10.2 Å². The maximum atomic E-state index is 5.55. The van der Waals surface area contributed by atoms with Gasteiger partial charge in [-0.2, -0.15) is 0 Å². The lowest BCUT2D eigenvalue weighted by Gasteiger charge is -1.94. The van der Waals surface area contributed by atoms with Crippen LogP contribution in [-0.4, -0.2) is 4.98 Å². The van der Waals surface area contributed by atoms with Crippen molar-refractivity contribution >= 4 is 32.8 Å². The molecular weight excluding hydrogens is 208 g/mol. The molecule has 0 aliphatic rings. The number of nitrogens with two attached hydrogens (primary N) is 1. The van der Waals surface area contributed by atoms with E-state index in [1.165, 1.54) is 0 Å². The van der Waals surface area contributed by atoms with E-state index in [1.807, 2.05) is 0 Å². The SMILES string of the molecule is Nc1nc2ccoc2cc1Br. The van der Waals surface area contributed by atoms with Crippen LogP contribution < -0.4 is 5.73 Å². The minimum absolute atomic E-state index is 0.485. The molecule has 2 N–H and O–H groups in total. The van der Waals surface area contributed by atoms with Crippen molar-refractivity contribution in [1.82, 2.24) is 4.98 Å². The molecule has 0 radical (unpaired) electrons. The summed E-state index contributed by atoms with van der Waals surface area (Å²) in [6.45, 7) is 0. The molecule has 0 fully saturated rings. The molecule has 0 atom stereocenters. The molecule has 0 amide bonds. The first kappa shape index (κ1) is 6.67. The van der Waals surface area contributed by atoms with Gasteiger partial charge in [-0.05, 0) is 15.9 Å². The zero-order valence-corrected chi connectivity index (χ0v) is 7.13. The Morgan fingerprint density at radius 3 is 3.18 bits per heavy atom. The minimum atomic E-state index is 0.485. The van der Waals surface area contributed by atoms with Crippen molar-refractivity contribution in [3.05, 3.63) is 22.9 Å².